The largest absolute Gasteiger partial charge is 0.297 e. The fourth-order valence-electron chi connectivity index (χ4n) is 1.97. The molecule has 0 saturated carbocycles. The first-order valence-corrected chi connectivity index (χ1v) is 7.83. The number of amides is 1. The van der Waals surface area contributed by atoms with E-state index in [0.29, 0.717) is 10.1 Å². The average molecular weight is 313 g/mol. The molecule has 0 aliphatic rings. The van der Waals surface area contributed by atoms with Crippen LogP contribution in [0.3, 0.4) is 0 Å². The molecule has 112 valence electrons. The molecule has 0 saturated heterocycles. The minimum Gasteiger partial charge on any atom is -0.297 e. The fraction of sp³-hybridized carbons (Fsp3) is 0.200. The van der Waals surface area contributed by atoms with Crippen LogP contribution in [0.2, 0.25) is 0 Å². The maximum absolute atomic E-state index is 11.9. The highest BCUT2D eigenvalue weighted by atomic mass is 32.1. The number of aromatic nitrogens is 4. The number of anilines is 1. The van der Waals surface area contributed by atoms with Gasteiger partial charge in [-0.25, -0.2) is 0 Å². The summed E-state index contributed by atoms with van der Waals surface area (Å²) in [5.74, 6) is 0.597. The van der Waals surface area contributed by atoms with E-state index in [1.807, 2.05) is 30.3 Å². The Morgan fingerprint density at radius 3 is 2.91 bits per heavy atom. The first-order chi connectivity index (χ1) is 10.8. The number of hydrogen-bond acceptors (Lipinski definition) is 5. The molecule has 0 aliphatic heterocycles. The van der Waals surface area contributed by atoms with E-state index in [4.69, 9.17) is 0 Å². The number of carbonyl (C=O) groups excluding carboxylic acids is 1. The average Bonchev–Trinajstić information content (AvgIpc) is 3.08. The van der Waals surface area contributed by atoms with Crippen LogP contribution in [0.4, 0.5) is 5.13 Å². The monoisotopic (exact) mass is 313 g/mol. The van der Waals surface area contributed by atoms with Crippen LogP contribution < -0.4 is 5.32 Å². The van der Waals surface area contributed by atoms with Gasteiger partial charge in [-0.2, -0.15) is 4.52 Å². The van der Waals surface area contributed by atoms with Crippen molar-refractivity contribution in [2.75, 3.05) is 5.32 Å². The molecule has 7 heteroatoms. The summed E-state index contributed by atoms with van der Waals surface area (Å²) in [6, 6.07) is 9.66. The summed E-state index contributed by atoms with van der Waals surface area (Å²) in [5, 5.41) is 15.7. The fourth-order valence-corrected chi connectivity index (χ4v) is 2.73. The third kappa shape index (κ3) is 3.20. The van der Waals surface area contributed by atoms with Crippen molar-refractivity contribution in [1.29, 1.82) is 0 Å². The van der Waals surface area contributed by atoms with Gasteiger partial charge in [-0.15, -0.1) is 15.3 Å². The van der Waals surface area contributed by atoms with Crippen LogP contribution in [-0.4, -0.2) is 25.7 Å². The third-order valence-electron chi connectivity index (χ3n) is 2.99. The van der Waals surface area contributed by atoms with E-state index in [1.54, 1.807) is 10.6 Å². The van der Waals surface area contributed by atoms with Crippen LogP contribution in [0.25, 0.3) is 11.0 Å². The number of hydrogen-bond donors (Lipinski definition) is 1. The molecule has 0 bridgehead atoms. The Balaban J connectivity index is 1.70. The van der Waals surface area contributed by atoms with Crippen molar-refractivity contribution in [3.8, 4) is 0 Å². The van der Waals surface area contributed by atoms with Gasteiger partial charge in [0.1, 0.15) is 0 Å². The normalized spacial score (nSPS) is 11.3. The Morgan fingerprint density at radius 1 is 1.32 bits per heavy atom. The summed E-state index contributed by atoms with van der Waals surface area (Å²) in [7, 11) is 0. The van der Waals surface area contributed by atoms with Crippen LogP contribution in [0.15, 0.2) is 36.4 Å². The second-order valence-corrected chi connectivity index (χ2v) is 5.66. The maximum atomic E-state index is 11.9. The number of fused-ring (bicyclic) bond motifs is 1. The van der Waals surface area contributed by atoms with Gasteiger partial charge in [0, 0.05) is 12.5 Å². The van der Waals surface area contributed by atoms with Gasteiger partial charge in [-0.1, -0.05) is 48.6 Å². The number of benzene rings is 1. The summed E-state index contributed by atoms with van der Waals surface area (Å²) in [4.78, 5) is 12.6. The molecule has 6 nitrogen and oxygen atoms in total. The Labute approximate surface area is 131 Å². The third-order valence-corrected chi connectivity index (χ3v) is 3.80. The Bertz CT molecular complexity index is 806. The van der Waals surface area contributed by atoms with Crippen molar-refractivity contribution in [1.82, 2.24) is 19.8 Å². The molecule has 0 atom stereocenters. The van der Waals surface area contributed by atoms with E-state index in [-0.39, 0.29) is 5.91 Å². The predicted molar refractivity (Wildman–Crippen MR) is 86.8 cm³/mol. The van der Waals surface area contributed by atoms with Crippen molar-refractivity contribution >= 4 is 33.4 Å². The molecule has 1 N–H and O–H groups in total. The zero-order chi connectivity index (χ0) is 15.4. The second kappa shape index (κ2) is 6.48. The van der Waals surface area contributed by atoms with Gasteiger partial charge in [0.15, 0.2) is 5.82 Å². The first-order valence-electron chi connectivity index (χ1n) is 7.01. The second-order valence-electron chi connectivity index (χ2n) is 4.70. The maximum Gasteiger partial charge on any atom is 0.250 e. The molecule has 1 aromatic carbocycles. The van der Waals surface area contributed by atoms with Gasteiger partial charge in [-0.05, 0) is 18.1 Å². The van der Waals surface area contributed by atoms with Crippen LogP contribution >= 0.6 is 11.3 Å². The lowest BCUT2D eigenvalue weighted by molar-refractivity contribution is -0.111. The SMILES string of the molecule is CCCc1nnc2sc(NC(=O)/C=C/c3ccccc3)nn12. The summed E-state index contributed by atoms with van der Waals surface area (Å²) < 4.78 is 1.69. The van der Waals surface area contributed by atoms with E-state index < -0.39 is 0 Å². The minimum atomic E-state index is -0.217. The summed E-state index contributed by atoms with van der Waals surface area (Å²) >= 11 is 1.31. The summed E-state index contributed by atoms with van der Waals surface area (Å²) in [6.45, 7) is 2.07. The molecule has 0 radical (unpaired) electrons. The summed E-state index contributed by atoms with van der Waals surface area (Å²) in [5.41, 5.74) is 0.973. The van der Waals surface area contributed by atoms with Crippen LogP contribution in [-0.2, 0) is 11.2 Å². The lowest BCUT2D eigenvalue weighted by atomic mass is 10.2. The molecule has 0 fully saturated rings. The van der Waals surface area contributed by atoms with Gasteiger partial charge in [0.25, 0.3) is 0 Å². The first kappa shape index (κ1) is 14.4. The molecule has 2 aromatic heterocycles. The van der Waals surface area contributed by atoms with Crippen molar-refractivity contribution in [2.45, 2.75) is 19.8 Å². The van der Waals surface area contributed by atoms with Crippen molar-refractivity contribution in [2.24, 2.45) is 0 Å². The molecule has 0 unspecified atom stereocenters. The number of rotatable bonds is 5. The number of nitrogens with zero attached hydrogens (tertiary/aromatic N) is 4. The van der Waals surface area contributed by atoms with E-state index >= 15 is 0 Å². The van der Waals surface area contributed by atoms with E-state index in [1.165, 1.54) is 17.4 Å². The molecule has 3 rings (SSSR count). The van der Waals surface area contributed by atoms with Crippen molar-refractivity contribution in [3.63, 3.8) is 0 Å². The molecule has 0 spiro atoms. The lowest BCUT2D eigenvalue weighted by Crippen LogP contribution is -2.08. The zero-order valence-corrected chi connectivity index (χ0v) is 12.9. The Kier molecular flexibility index (Phi) is 4.24. The van der Waals surface area contributed by atoms with Gasteiger partial charge in [-0.3, -0.25) is 10.1 Å². The summed E-state index contributed by atoms with van der Waals surface area (Å²) in [6.07, 6.45) is 5.04. The Hall–Kier alpha value is -2.54. The number of nitrogens with one attached hydrogen (secondary N) is 1. The topological polar surface area (TPSA) is 72.2 Å². The molecular weight excluding hydrogens is 298 g/mol. The zero-order valence-electron chi connectivity index (χ0n) is 12.1. The van der Waals surface area contributed by atoms with Gasteiger partial charge < -0.3 is 0 Å². The Morgan fingerprint density at radius 2 is 2.14 bits per heavy atom. The quantitative estimate of drug-likeness (QED) is 0.735. The highest BCUT2D eigenvalue weighted by Gasteiger charge is 2.11. The van der Waals surface area contributed by atoms with E-state index in [2.05, 4.69) is 27.5 Å². The molecule has 0 aliphatic carbocycles. The number of aryl methyl sites for hydroxylation is 1. The van der Waals surface area contributed by atoms with Crippen molar-refractivity contribution < 1.29 is 4.79 Å². The molecular formula is C15H15N5OS. The molecule has 1 amide bonds. The molecule has 3 aromatic rings. The van der Waals surface area contributed by atoms with Gasteiger partial charge >= 0.3 is 0 Å². The highest BCUT2D eigenvalue weighted by molar-refractivity contribution is 7.20. The molecule has 2 heterocycles. The van der Waals surface area contributed by atoms with Crippen molar-refractivity contribution in [3.05, 3.63) is 47.8 Å². The minimum absolute atomic E-state index is 0.217. The molecule has 22 heavy (non-hydrogen) atoms. The number of carbonyl (C=O) groups is 1. The smallest absolute Gasteiger partial charge is 0.250 e. The van der Waals surface area contributed by atoms with Gasteiger partial charge in [0.05, 0.1) is 0 Å². The van der Waals surface area contributed by atoms with Gasteiger partial charge in [0.2, 0.25) is 16.0 Å². The van der Waals surface area contributed by atoms with Crippen LogP contribution in [0.5, 0.6) is 0 Å². The van der Waals surface area contributed by atoms with Crippen LogP contribution in [0.1, 0.15) is 24.7 Å². The van der Waals surface area contributed by atoms with Crippen LogP contribution in [0, 0.1) is 0 Å². The lowest BCUT2D eigenvalue weighted by Gasteiger charge is -1.96. The van der Waals surface area contributed by atoms with E-state index in [0.717, 1.165) is 24.2 Å². The predicted octanol–water partition coefficient (Wildman–Crippen LogP) is 2.79. The standard InChI is InChI=1S/C15H15N5OS/c1-2-6-12-17-18-15-20(12)19-14(22-15)16-13(21)10-9-11-7-4-3-5-8-11/h3-5,7-10H,2,6H2,1H3,(H,16,19,21)/b10-9+. The highest BCUT2D eigenvalue weighted by Crippen LogP contribution is 2.19. The van der Waals surface area contributed by atoms with E-state index in [9.17, 15) is 4.79 Å².